The number of carbonyl (C=O) groups excluding carboxylic acids is 1. The van der Waals surface area contributed by atoms with Crippen molar-refractivity contribution in [2.75, 3.05) is 0 Å². The number of furan rings is 1. The lowest BCUT2D eigenvalue weighted by atomic mass is 10.3. The predicted molar refractivity (Wildman–Crippen MR) is 60.3 cm³/mol. The number of carbonyl (C=O) groups is 1. The van der Waals surface area contributed by atoms with Crippen LogP contribution in [0, 0.1) is 0 Å². The van der Waals surface area contributed by atoms with Crippen molar-refractivity contribution in [3.8, 4) is 0 Å². The van der Waals surface area contributed by atoms with Gasteiger partial charge in [-0.2, -0.15) is 0 Å². The number of aryl methyl sites for hydroxylation is 1. The van der Waals surface area contributed by atoms with Crippen LogP contribution in [0.5, 0.6) is 0 Å². The first-order valence-electron chi connectivity index (χ1n) is 4.80. The maximum Gasteiger partial charge on any atom is 0.256 e. The van der Waals surface area contributed by atoms with E-state index >= 15 is 0 Å². The van der Waals surface area contributed by atoms with E-state index in [9.17, 15) is 4.79 Å². The fourth-order valence-corrected chi connectivity index (χ4v) is 1.60. The average Bonchev–Trinajstić information content (AvgIpc) is 2.84. The molecule has 0 unspecified atom stereocenters. The van der Waals surface area contributed by atoms with E-state index in [2.05, 4.69) is 5.32 Å². The van der Waals surface area contributed by atoms with Gasteiger partial charge >= 0.3 is 0 Å². The lowest BCUT2D eigenvalue weighted by molar-refractivity contribution is 0.0949. The van der Waals surface area contributed by atoms with Crippen LogP contribution in [-0.4, -0.2) is 10.5 Å². The molecule has 0 aliphatic rings. The molecule has 2 aromatic heterocycles. The second-order valence-electron chi connectivity index (χ2n) is 3.40. The van der Waals surface area contributed by atoms with E-state index in [1.54, 1.807) is 6.07 Å². The summed E-state index contributed by atoms with van der Waals surface area (Å²) in [4.78, 5) is 11.7. The van der Waals surface area contributed by atoms with E-state index in [-0.39, 0.29) is 11.1 Å². The number of aromatic nitrogens is 1. The number of nitrogens with one attached hydrogen (secondary N) is 1. The van der Waals surface area contributed by atoms with Gasteiger partial charge in [-0.3, -0.25) is 4.79 Å². The molecule has 0 saturated heterocycles. The van der Waals surface area contributed by atoms with E-state index < -0.39 is 0 Å². The minimum absolute atomic E-state index is 0.115. The van der Waals surface area contributed by atoms with Gasteiger partial charge in [0.05, 0.1) is 18.4 Å². The molecular formula is C11H11ClN2O2. The minimum Gasteiger partial charge on any atom is -0.452 e. The molecule has 2 heterocycles. The quantitative estimate of drug-likeness (QED) is 0.891. The van der Waals surface area contributed by atoms with Crippen LogP contribution in [-0.2, 0) is 13.6 Å². The van der Waals surface area contributed by atoms with Crippen LogP contribution in [0.1, 0.15) is 16.1 Å². The van der Waals surface area contributed by atoms with Crippen LogP contribution in [0.4, 0.5) is 0 Å². The summed E-state index contributed by atoms with van der Waals surface area (Å²) < 4.78 is 6.79. The van der Waals surface area contributed by atoms with Gasteiger partial charge < -0.3 is 14.3 Å². The van der Waals surface area contributed by atoms with E-state index in [0.717, 1.165) is 5.69 Å². The van der Waals surface area contributed by atoms with Crippen molar-refractivity contribution < 1.29 is 9.21 Å². The Kier molecular flexibility index (Phi) is 3.01. The molecule has 0 aliphatic heterocycles. The zero-order chi connectivity index (χ0) is 11.5. The molecule has 2 rings (SSSR count). The third kappa shape index (κ3) is 2.12. The number of hydrogen-bond donors (Lipinski definition) is 1. The molecule has 0 fully saturated rings. The first kappa shape index (κ1) is 10.8. The van der Waals surface area contributed by atoms with Gasteiger partial charge in [0.2, 0.25) is 5.22 Å². The van der Waals surface area contributed by atoms with Gasteiger partial charge in [-0.25, -0.2) is 0 Å². The third-order valence-electron chi connectivity index (χ3n) is 2.34. The first-order chi connectivity index (χ1) is 7.68. The standard InChI is InChI=1S/C11H11ClN2O2/c1-14-5-2-3-8(14)7-13-11(15)9-4-6-16-10(9)12/h2-6H,7H2,1H3,(H,13,15). The summed E-state index contributed by atoms with van der Waals surface area (Å²) in [6.07, 6.45) is 3.31. The summed E-state index contributed by atoms with van der Waals surface area (Å²) >= 11 is 5.69. The second kappa shape index (κ2) is 4.45. The summed E-state index contributed by atoms with van der Waals surface area (Å²) in [6, 6.07) is 5.41. The largest absolute Gasteiger partial charge is 0.452 e. The SMILES string of the molecule is Cn1cccc1CNC(=O)c1ccoc1Cl. The molecule has 1 amide bonds. The van der Waals surface area contributed by atoms with Crippen molar-refractivity contribution in [3.63, 3.8) is 0 Å². The fourth-order valence-electron chi connectivity index (χ4n) is 1.40. The molecule has 4 nitrogen and oxygen atoms in total. The van der Waals surface area contributed by atoms with Gasteiger partial charge in [-0.05, 0) is 29.8 Å². The van der Waals surface area contributed by atoms with Crippen LogP contribution in [0.2, 0.25) is 5.22 Å². The molecule has 5 heteroatoms. The highest BCUT2D eigenvalue weighted by Crippen LogP contribution is 2.16. The van der Waals surface area contributed by atoms with Crippen molar-refractivity contribution in [2.24, 2.45) is 7.05 Å². The molecule has 2 aromatic rings. The van der Waals surface area contributed by atoms with E-state index in [1.807, 2.05) is 29.9 Å². The molecule has 0 saturated carbocycles. The number of hydrogen-bond acceptors (Lipinski definition) is 2. The van der Waals surface area contributed by atoms with Gasteiger partial charge in [0.15, 0.2) is 0 Å². The summed E-state index contributed by atoms with van der Waals surface area (Å²) in [5, 5.41) is 2.88. The zero-order valence-corrected chi connectivity index (χ0v) is 9.49. The number of halogens is 1. The molecule has 0 radical (unpaired) electrons. The molecule has 84 valence electrons. The average molecular weight is 239 g/mol. The number of nitrogens with zero attached hydrogens (tertiary/aromatic N) is 1. The highest BCUT2D eigenvalue weighted by atomic mass is 35.5. The molecule has 16 heavy (non-hydrogen) atoms. The zero-order valence-electron chi connectivity index (χ0n) is 8.74. The van der Waals surface area contributed by atoms with Crippen LogP contribution in [0.25, 0.3) is 0 Å². The molecule has 0 atom stereocenters. The summed E-state index contributed by atoms with van der Waals surface area (Å²) in [7, 11) is 1.92. The van der Waals surface area contributed by atoms with Gasteiger partial charge in [0, 0.05) is 18.9 Å². The van der Waals surface area contributed by atoms with Crippen LogP contribution < -0.4 is 5.32 Å². The Morgan fingerprint density at radius 1 is 1.56 bits per heavy atom. The molecular weight excluding hydrogens is 228 g/mol. The Labute approximate surface area is 97.8 Å². The molecule has 0 spiro atoms. The van der Waals surface area contributed by atoms with Crippen molar-refractivity contribution in [1.29, 1.82) is 0 Å². The highest BCUT2D eigenvalue weighted by molar-refractivity contribution is 6.32. The van der Waals surface area contributed by atoms with Gasteiger partial charge in [0.25, 0.3) is 5.91 Å². The Morgan fingerprint density at radius 3 is 2.94 bits per heavy atom. The second-order valence-corrected chi connectivity index (χ2v) is 3.74. The predicted octanol–water partition coefficient (Wildman–Crippen LogP) is 2.20. The maximum absolute atomic E-state index is 11.7. The highest BCUT2D eigenvalue weighted by Gasteiger charge is 2.12. The summed E-state index contributed by atoms with van der Waals surface area (Å²) in [6.45, 7) is 0.462. The van der Waals surface area contributed by atoms with E-state index in [1.165, 1.54) is 6.26 Å². The van der Waals surface area contributed by atoms with Gasteiger partial charge in [-0.1, -0.05) is 0 Å². The summed E-state index contributed by atoms with van der Waals surface area (Å²) in [5.41, 5.74) is 1.38. The van der Waals surface area contributed by atoms with Crippen molar-refractivity contribution in [1.82, 2.24) is 9.88 Å². The first-order valence-corrected chi connectivity index (χ1v) is 5.17. The Morgan fingerprint density at radius 2 is 2.38 bits per heavy atom. The third-order valence-corrected chi connectivity index (χ3v) is 2.64. The number of amides is 1. The minimum atomic E-state index is -0.236. The van der Waals surface area contributed by atoms with Crippen molar-refractivity contribution in [2.45, 2.75) is 6.54 Å². The van der Waals surface area contributed by atoms with Crippen LogP contribution in [0.15, 0.2) is 35.1 Å². The van der Waals surface area contributed by atoms with Gasteiger partial charge in [-0.15, -0.1) is 0 Å². The molecule has 0 bridgehead atoms. The summed E-state index contributed by atoms with van der Waals surface area (Å²) in [5.74, 6) is -0.236. The number of rotatable bonds is 3. The smallest absolute Gasteiger partial charge is 0.256 e. The molecule has 0 aliphatic carbocycles. The Balaban J connectivity index is 1.99. The Hall–Kier alpha value is -1.68. The fraction of sp³-hybridized carbons (Fsp3) is 0.182. The Bertz CT molecular complexity index is 502. The topological polar surface area (TPSA) is 47.2 Å². The monoisotopic (exact) mass is 238 g/mol. The lowest BCUT2D eigenvalue weighted by Gasteiger charge is -2.05. The van der Waals surface area contributed by atoms with E-state index in [4.69, 9.17) is 16.0 Å². The van der Waals surface area contributed by atoms with Crippen molar-refractivity contribution in [3.05, 3.63) is 47.1 Å². The normalized spacial score (nSPS) is 10.4. The molecule has 1 N–H and O–H groups in total. The van der Waals surface area contributed by atoms with Crippen LogP contribution >= 0.6 is 11.6 Å². The van der Waals surface area contributed by atoms with Crippen molar-refractivity contribution >= 4 is 17.5 Å². The maximum atomic E-state index is 11.7. The van der Waals surface area contributed by atoms with Gasteiger partial charge in [0.1, 0.15) is 0 Å². The van der Waals surface area contributed by atoms with Crippen LogP contribution in [0.3, 0.4) is 0 Å². The molecule has 0 aromatic carbocycles. The lowest BCUT2D eigenvalue weighted by Crippen LogP contribution is -2.23. The van der Waals surface area contributed by atoms with E-state index in [0.29, 0.717) is 12.1 Å².